The number of carbonyl (C=O) groups is 1. The largest absolute Gasteiger partial charge is 0.393 e. The molecule has 0 unspecified atom stereocenters. The Kier molecular flexibility index (Phi) is 6.00. The quantitative estimate of drug-likeness (QED) is 0.408. The van der Waals surface area contributed by atoms with Crippen molar-refractivity contribution in [3.63, 3.8) is 0 Å². The second-order valence-corrected chi connectivity index (χ2v) is 6.97. The molecule has 0 radical (unpaired) electrons. The number of carbonyl (C=O) groups excluding carboxylic acids is 1. The van der Waals surface area contributed by atoms with Gasteiger partial charge in [-0.05, 0) is 46.3 Å². The lowest BCUT2D eigenvalue weighted by molar-refractivity contribution is 0.0962. The molecule has 0 aliphatic carbocycles. The van der Waals surface area contributed by atoms with Crippen LogP contribution in [-0.2, 0) is 0 Å². The first-order chi connectivity index (χ1) is 13.0. The van der Waals surface area contributed by atoms with E-state index in [-0.39, 0.29) is 17.4 Å². The van der Waals surface area contributed by atoms with Crippen LogP contribution in [0.2, 0.25) is 10.0 Å². The van der Waals surface area contributed by atoms with Crippen molar-refractivity contribution in [2.75, 3.05) is 16.5 Å². The molecule has 0 bridgehead atoms. The molecule has 10 heteroatoms. The molecular weight excluding hydrogens is 455 g/mol. The number of anilines is 4. The number of nitrogen functional groups attached to an aromatic ring is 1. The van der Waals surface area contributed by atoms with Crippen LogP contribution in [0.1, 0.15) is 10.4 Å². The Hall–Kier alpha value is -2.55. The van der Waals surface area contributed by atoms with Gasteiger partial charge >= 0.3 is 0 Å². The normalized spacial score (nSPS) is 10.3. The zero-order valence-electron chi connectivity index (χ0n) is 13.6. The summed E-state index contributed by atoms with van der Waals surface area (Å²) in [4.78, 5) is 20.4. The SMILES string of the molecule is Nc1c(NNC(=O)c2ccccc2Br)ncnc1Nc1ccc(Cl)c(Cl)c1. The maximum absolute atomic E-state index is 12.3. The second kappa shape index (κ2) is 8.43. The predicted molar refractivity (Wildman–Crippen MR) is 111 cm³/mol. The third kappa shape index (κ3) is 4.60. The molecular formula is C17H13BrCl2N6O. The van der Waals surface area contributed by atoms with E-state index in [0.29, 0.717) is 31.6 Å². The maximum atomic E-state index is 12.3. The van der Waals surface area contributed by atoms with Crippen molar-refractivity contribution in [3.8, 4) is 0 Å². The molecule has 7 nitrogen and oxygen atoms in total. The van der Waals surface area contributed by atoms with Crippen LogP contribution in [0.15, 0.2) is 53.3 Å². The highest BCUT2D eigenvalue weighted by Crippen LogP contribution is 2.29. The number of aromatic nitrogens is 2. The average Bonchev–Trinajstić information content (AvgIpc) is 2.65. The average molecular weight is 468 g/mol. The maximum Gasteiger partial charge on any atom is 0.270 e. The second-order valence-electron chi connectivity index (χ2n) is 5.30. The first-order valence-corrected chi connectivity index (χ1v) is 9.14. The van der Waals surface area contributed by atoms with E-state index in [1.165, 1.54) is 6.33 Å². The molecule has 2 aromatic carbocycles. The number of amides is 1. The first-order valence-electron chi connectivity index (χ1n) is 7.59. The van der Waals surface area contributed by atoms with Gasteiger partial charge in [-0.3, -0.25) is 15.6 Å². The molecule has 0 aliphatic rings. The molecule has 3 aromatic rings. The third-order valence-corrected chi connectivity index (χ3v) is 4.91. The molecule has 0 fully saturated rings. The number of nitrogens with one attached hydrogen (secondary N) is 3. The molecule has 0 spiro atoms. The van der Waals surface area contributed by atoms with E-state index in [4.69, 9.17) is 28.9 Å². The molecule has 1 amide bonds. The van der Waals surface area contributed by atoms with E-state index in [2.05, 4.69) is 42.1 Å². The first kappa shape index (κ1) is 19.2. The fraction of sp³-hybridized carbons (Fsp3) is 0. The van der Waals surface area contributed by atoms with Gasteiger partial charge in [0.2, 0.25) is 0 Å². The molecule has 0 saturated heterocycles. The molecule has 3 rings (SSSR count). The van der Waals surface area contributed by atoms with Gasteiger partial charge in [0.1, 0.15) is 12.0 Å². The Morgan fingerprint density at radius 3 is 2.52 bits per heavy atom. The molecule has 1 heterocycles. The van der Waals surface area contributed by atoms with Crippen LogP contribution in [0.4, 0.5) is 23.0 Å². The van der Waals surface area contributed by atoms with Crippen molar-refractivity contribution in [2.24, 2.45) is 0 Å². The van der Waals surface area contributed by atoms with Crippen molar-refractivity contribution in [1.29, 1.82) is 0 Å². The smallest absolute Gasteiger partial charge is 0.270 e. The lowest BCUT2D eigenvalue weighted by Crippen LogP contribution is -2.30. The van der Waals surface area contributed by atoms with E-state index < -0.39 is 0 Å². The number of benzene rings is 2. The Labute approximate surface area is 173 Å². The van der Waals surface area contributed by atoms with Gasteiger partial charge in [-0.1, -0.05) is 35.3 Å². The molecule has 138 valence electrons. The van der Waals surface area contributed by atoms with Crippen LogP contribution < -0.4 is 21.9 Å². The summed E-state index contributed by atoms with van der Waals surface area (Å²) in [6.45, 7) is 0. The molecule has 1 aromatic heterocycles. The third-order valence-electron chi connectivity index (χ3n) is 3.48. The zero-order valence-corrected chi connectivity index (χ0v) is 16.7. The number of hydrogen-bond donors (Lipinski definition) is 4. The minimum Gasteiger partial charge on any atom is -0.393 e. The topological polar surface area (TPSA) is 105 Å². The van der Waals surface area contributed by atoms with Crippen molar-refractivity contribution in [2.45, 2.75) is 0 Å². The lowest BCUT2D eigenvalue weighted by Gasteiger charge is -2.13. The Morgan fingerprint density at radius 2 is 1.78 bits per heavy atom. The van der Waals surface area contributed by atoms with E-state index in [1.54, 1.807) is 36.4 Å². The molecule has 0 aliphatic heterocycles. The summed E-state index contributed by atoms with van der Waals surface area (Å²) < 4.78 is 0.668. The Bertz CT molecular complexity index is 1000. The number of hydrogen-bond acceptors (Lipinski definition) is 6. The fourth-order valence-electron chi connectivity index (χ4n) is 2.13. The molecule has 0 atom stereocenters. The summed E-state index contributed by atoms with van der Waals surface area (Å²) in [5.41, 5.74) is 12.7. The van der Waals surface area contributed by atoms with Gasteiger partial charge in [-0.25, -0.2) is 9.97 Å². The van der Waals surface area contributed by atoms with Crippen molar-refractivity contribution < 1.29 is 4.79 Å². The minimum absolute atomic E-state index is 0.219. The zero-order chi connectivity index (χ0) is 19.4. The van der Waals surface area contributed by atoms with E-state index in [0.717, 1.165) is 0 Å². The highest BCUT2D eigenvalue weighted by molar-refractivity contribution is 9.10. The van der Waals surface area contributed by atoms with Gasteiger partial charge < -0.3 is 11.1 Å². The van der Waals surface area contributed by atoms with Gasteiger partial charge in [0, 0.05) is 10.2 Å². The molecule has 0 saturated carbocycles. The van der Waals surface area contributed by atoms with Crippen LogP contribution in [0.5, 0.6) is 0 Å². The monoisotopic (exact) mass is 466 g/mol. The van der Waals surface area contributed by atoms with Crippen molar-refractivity contribution in [1.82, 2.24) is 15.4 Å². The predicted octanol–water partition coefficient (Wildman–Crippen LogP) is 4.63. The Morgan fingerprint density at radius 1 is 1.04 bits per heavy atom. The van der Waals surface area contributed by atoms with E-state index in [1.807, 2.05) is 6.07 Å². The van der Waals surface area contributed by atoms with Gasteiger partial charge in [0.15, 0.2) is 11.6 Å². The summed E-state index contributed by atoms with van der Waals surface area (Å²) in [6, 6.07) is 12.1. The van der Waals surface area contributed by atoms with Gasteiger partial charge in [0.05, 0.1) is 15.6 Å². The van der Waals surface area contributed by atoms with Crippen LogP contribution in [0, 0.1) is 0 Å². The molecule has 27 heavy (non-hydrogen) atoms. The highest BCUT2D eigenvalue weighted by Gasteiger charge is 2.12. The van der Waals surface area contributed by atoms with Crippen LogP contribution in [0.25, 0.3) is 0 Å². The molecule has 5 N–H and O–H groups in total. The minimum atomic E-state index is -0.348. The number of nitrogens with two attached hydrogens (primary N) is 1. The Balaban J connectivity index is 1.74. The number of rotatable bonds is 5. The summed E-state index contributed by atoms with van der Waals surface area (Å²) in [7, 11) is 0. The summed E-state index contributed by atoms with van der Waals surface area (Å²) in [6.07, 6.45) is 1.31. The van der Waals surface area contributed by atoms with Gasteiger partial charge in [0.25, 0.3) is 5.91 Å². The summed E-state index contributed by atoms with van der Waals surface area (Å²) >= 11 is 15.2. The van der Waals surface area contributed by atoms with Crippen molar-refractivity contribution >= 4 is 68.0 Å². The van der Waals surface area contributed by atoms with Crippen LogP contribution >= 0.6 is 39.1 Å². The standard InChI is InChI=1S/C17H13BrCl2N6O/c18-11-4-2-1-3-10(11)17(27)26-25-16-14(21)15(22-8-23-16)24-9-5-6-12(19)13(20)7-9/h1-8H,21H2,(H,26,27)(H2,22,23,24,25). The van der Waals surface area contributed by atoms with E-state index in [9.17, 15) is 4.79 Å². The van der Waals surface area contributed by atoms with Crippen LogP contribution in [0.3, 0.4) is 0 Å². The van der Waals surface area contributed by atoms with Crippen LogP contribution in [-0.4, -0.2) is 15.9 Å². The van der Waals surface area contributed by atoms with E-state index >= 15 is 0 Å². The number of halogens is 3. The lowest BCUT2D eigenvalue weighted by atomic mass is 10.2. The number of hydrazine groups is 1. The highest BCUT2D eigenvalue weighted by atomic mass is 79.9. The van der Waals surface area contributed by atoms with Gasteiger partial charge in [-0.15, -0.1) is 0 Å². The summed E-state index contributed by atoms with van der Waals surface area (Å²) in [5, 5.41) is 3.87. The number of nitrogens with zero attached hydrogens (tertiary/aromatic N) is 2. The van der Waals surface area contributed by atoms with Crippen molar-refractivity contribution in [3.05, 3.63) is 68.9 Å². The summed E-state index contributed by atoms with van der Waals surface area (Å²) in [5.74, 6) is 0.244. The van der Waals surface area contributed by atoms with Gasteiger partial charge in [-0.2, -0.15) is 0 Å². The fourth-order valence-corrected chi connectivity index (χ4v) is 2.90.